The number of esters is 1. The van der Waals surface area contributed by atoms with Gasteiger partial charge in [-0.25, -0.2) is 9.59 Å². The summed E-state index contributed by atoms with van der Waals surface area (Å²) < 4.78 is 28.4. The molecule has 0 aliphatic heterocycles. The van der Waals surface area contributed by atoms with E-state index in [1.54, 1.807) is 44.2 Å². The lowest BCUT2D eigenvalue weighted by Gasteiger charge is -2.27. The number of phenolic OH excluding ortho intramolecular Hbond substituents is 3. The number of ether oxygens (including phenoxy) is 5. The number of methoxy groups -OCH3 is 2. The number of aliphatic hydroxyl groups excluding tert-OH is 2. The summed E-state index contributed by atoms with van der Waals surface area (Å²) in [5.74, 6) is -2.02. The maximum atomic E-state index is 14.0. The molecule has 0 bridgehead atoms. The van der Waals surface area contributed by atoms with E-state index in [1.807, 2.05) is 0 Å². The summed E-state index contributed by atoms with van der Waals surface area (Å²) in [7, 11) is 2.55. The van der Waals surface area contributed by atoms with E-state index < -0.39 is 59.9 Å². The number of carbonyl (C=O) groups excluding carboxylic acids is 2. The van der Waals surface area contributed by atoms with Gasteiger partial charge in [0, 0.05) is 34.7 Å². The molecule has 0 aromatic heterocycles. The first kappa shape index (κ1) is 39.3. The maximum Gasteiger partial charge on any atom is 0.514 e. The van der Waals surface area contributed by atoms with Crippen molar-refractivity contribution in [2.75, 3.05) is 14.2 Å². The average Bonchev–Trinajstić information content (AvgIpc) is 3.19. The third-order valence-corrected chi connectivity index (χ3v) is 10.2. The smallest absolute Gasteiger partial charge is 0.508 e. The van der Waals surface area contributed by atoms with Crippen LogP contribution in [0, 0.1) is 0 Å². The number of carbonyl (C=O) groups is 2. The Kier molecular flexibility index (Phi) is 10.6. The summed E-state index contributed by atoms with van der Waals surface area (Å²) in [6.07, 6.45) is -3.36. The number of benzene rings is 7. The number of phenols is 3. The van der Waals surface area contributed by atoms with Crippen molar-refractivity contribution in [2.24, 2.45) is 0 Å². The van der Waals surface area contributed by atoms with E-state index in [0.717, 1.165) is 12.1 Å². The van der Waals surface area contributed by atoms with Crippen LogP contribution in [0.25, 0.3) is 43.1 Å². The fourth-order valence-electron chi connectivity index (χ4n) is 7.92. The number of aliphatic hydroxyl groups is 2. The molecule has 298 valence electrons. The Balaban J connectivity index is 1.58. The van der Waals surface area contributed by atoms with E-state index in [4.69, 9.17) is 23.7 Å². The predicted molar refractivity (Wildman–Crippen MR) is 213 cm³/mol. The zero-order valence-electron chi connectivity index (χ0n) is 31.7. The molecule has 0 fully saturated rings. The molecular weight excluding hydrogens is 752 g/mol. The molecule has 0 aliphatic carbocycles. The van der Waals surface area contributed by atoms with Crippen LogP contribution in [0.15, 0.2) is 76.3 Å². The van der Waals surface area contributed by atoms with Crippen molar-refractivity contribution in [1.29, 1.82) is 0 Å². The molecule has 14 heteroatoms. The van der Waals surface area contributed by atoms with Crippen molar-refractivity contribution in [1.82, 2.24) is 0 Å². The third kappa shape index (κ3) is 6.61. The van der Waals surface area contributed by atoms with Gasteiger partial charge in [0.15, 0.2) is 33.9 Å². The average molecular weight is 791 g/mol. The van der Waals surface area contributed by atoms with Crippen LogP contribution in [-0.4, -0.2) is 64.1 Å². The highest BCUT2D eigenvalue weighted by Gasteiger charge is 2.33. The Hall–Kier alpha value is -6.90. The predicted octanol–water partition coefficient (Wildman–Crippen LogP) is 5.95. The SMILES string of the molecule is COc1c(O)c2c(=O)cc(CO)c3c4c(CO)cc(=O)c5c(O)c(OC)c(CC(C)OC(=O)c6ccccc6)c(c(c1CC(C)OC(=O)Oc1ccc(O)cc1)c23)c54. The molecule has 5 N–H and O–H groups in total. The first-order valence-electron chi connectivity index (χ1n) is 18.2. The Bertz CT molecular complexity index is 2840. The summed E-state index contributed by atoms with van der Waals surface area (Å²) in [5.41, 5.74) is -0.474. The van der Waals surface area contributed by atoms with Gasteiger partial charge in [-0.2, -0.15) is 0 Å². The van der Waals surface area contributed by atoms with E-state index in [1.165, 1.54) is 38.5 Å². The van der Waals surface area contributed by atoms with Crippen LogP contribution in [0.4, 0.5) is 4.79 Å². The Morgan fingerprint density at radius 3 is 1.52 bits per heavy atom. The summed E-state index contributed by atoms with van der Waals surface area (Å²) in [5, 5.41) is 55.5. The molecule has 0 saturated carbocycles. The molecule has 7 rings (SSSR count). The van der Waals surface area contributed by atoms with Crippen LogP contribution in [-0.2, 0) is 35.5 Å². The number of aromatic hydroxyl groups is 3. The van der Waals surface area contributed by atoms with E-state index in [-0.39, 0.29) is 107 Å². The minimum atomic E-state index is -1.10. The molecule has 0 amide bonds. The van der Waals surface area contributed by atoms with Crippen LogP contribution in [0.1, 0.15) is 46.5 Å². The number of rotatable bonds is 12. The molecule has 58 heavy (non-hydrogen) atoms. The second kappa shape index (κ2) is 15.6. The highest BCUT2D eigenvalue weighted by molar-refractivity contribution is 6.37. The third-order valence-electron chi connectivity index (χ3n) is 10.2. The lowest BCUT2D eigenvalue weighted by atomic mass is 9.80. The van der Waals surface area contributed by atoms with Gasteiger partial charge in [0.2, 0.25) is 0 Å². The largest absolute Gasteiger partial charge is 0.514 e. The number of hydrogen-bond acceptors (Lipinski definition) is 14. The number of hydrogen-bond donors (Lipinski definition) is 5. The first-order chi connectivity index (χ1) is 27.8. The quantitative estimate of drug-likeness (QED) is 0.0419. The van der Waals surface area contributed by atoms with E-state index in [9.17, 15) is 44.7 Å². The van der Waals surface area contributed by atoms with Gasteiger partial charge in [0.1, 0.15) is 23.7 Å². The first-order valence-corrected chi connectivity index (χ1v) is 18.2. The van der Waals surface area contributed by atoms with Gasteiger partial charge < -0.3 is 49.2 Å². The molecular formula is C44H38O14. The monoisotopic (exact) mass is 790 g/mol. The second-order valence-corrected chi connectivity index (χ2v) is 13.9. The topological polar surface area (TPSA) is 216 Å². The van der Waals surface area contributed by atoms with Crippen molar-refractivity contribution in [3.05, 3.63) is 115 Å². The summed E-state index contributed by atoms with van der Waals surface area (Å²) in [4.78, 5) is 54.2. The summed E-state index contributed by atoms with van der Waals surface area (Å²) in [6, 6.07) is 16.0. The van der Waals surface area contributed by atoms with Crippen LogP contribution < -0.4 is 25.1 Å². The minimum Gasteiger partial charge on any atom is -0.508 e. The lowest BCUT2D eigenvalue weighted by molar-refractivity contribution is 0.0342. The molecule has 7 aromatic carbocycles. The van der Waals surface area contributed by atoms with Gasteiger partial charge in [-0.05, 0) is 95.1 Å². The van der Waals surface area contributed by atoms with Crippen molar-refractivity contribution in [2.45, 2.75) is 52.1 Å². The van der Waals surface area contributed by atoms with Crippen LogP contribution in [0.3, 0.4) is 0 Å². The molecule has 7 aromatic rings. The molecule has 0 saturated heterocycles. The standard InChI is InChI=1S/C44H38O14/c1-20(56-43(52)22-8-6-5-7-9-22)14-27-33-34-28(15-21(2)57-44(53)58-26-12-10-25(47)11-13-26)42(55-4)40(51)36-30(49)17-24(19-46)32(38(34)36)31-23(18-45)16-29(48)35(37(31)33)39(50)41(27)54-3/h5-13,16-17,20-21,45-47,50-51H,14-15,18-19H2,1-4H3. The van der Waals surface area contributed by atoms with E-state index in [2.05, 4.69) is 0 Å². The molecule has 0 aliphatic rings. The Morgan fingerprint density at radius 1 is 0.603 bits per heavy atom. The normalized spacial score (nSPS) is 12.6. The summed E-state index contributed by atoms with van der Waals surface area (Å²) in [6.45, 7) is 1.83. The fourth-order valence-corrected chi connectivity index (χ4v) is 7.92. The molecule has 0 spiro atoms. The van der Waals surface area contributed by atoms with Gasteiger partial charge in [-0.15, -0.1) is 0 Å². The highest BCUT2D eigenvalue weighted by Crippen LogP contribution is 2.54. The van der Waals surface area contributed by atoms with Crippen LogP contribution in [0.5, 0.6) is 34.5 Å². The zero-order valence-corrected chi connectivity index (χ0v) is 31.7. The number of fused-ring (bicyclic) bond motifs is 2. The summed E-state index contributed by atoms with van der Waals surface area (Å²) >= 11 is 0. The Labute approximate surface area is 329 Å². The molecule has 2 unspecified atom stereocenters. The zero-order chi connectivity index (χ0) is 41.6. The van der Waals surface area contributed by atoms with Crippen LogP contribution in [0.2, 0.25) is 0 Å². The van der Waals surface area contributed by atoms with Crippen molar-refractivity contribution < 1.29 is 58.8 Å². The van der Waals surface area contributed by atoms with Crippen molar-refractivity contribution in [3.63, 3.8) is 0 Å². The van der Waals surface area contributed by atoms with Gasteiger partial charge in [0.05, 0.1) is 43.8 Å². The fraction of sp³-hybridized carbons (Fsp3) is 0.227. The molecule has 14 nitrogen and oxygen atoms in total. The van der Waals surface area contributed by atoms with Gasteiger partial charge in [0.25, 0.3) is 0 Å². The highest BCUT2D eigenvalue weighted by atomic mass is 16.7. The Morgan fingerprint density at radius 2 is 1.07 bits per heavy atom. The maximum absolute atomic E-state index is 14.0. The van der Waals surface area contributed by atoms with E-state index >= 15 is 0 Å². The molecule has 0 heterocycles. The van der Waals surface area contributed by atoms with Crippen LogP contribution >= 0.6 is 0 Å². The van der Waals surface area contributed by atoms with Gasteiger partial charge >= 0.3 is 12.1 Å². The molecule has 2 atom stereocenters. The van der Waals surface area contributed by atoms with E-state index in [0.29, 0.717) is 0 Å². The van der Waals surface area contributed by atoms with Crippen molar-refractivity contribution in [3.8, 4) is 34.5 Å². The van der Waals surface area contributed by atoms with Gasteiger partial charge in [-0.1, -0.05) is 18.2 Å². The van der Waals surface area contributed by atoms with Crippen molar-refractivity contribution >= 4 is 55.2 Å². The van der Waals surface area contributed by atoms with Gasteiger partial charge in [-0.3, -0.25) is 9.59 Å². The molecule has 0 radical (unpaired) electrons. The second-order valence-electron chi connectivity index (χ2n) is 13.9. The lowest BCUT2D eigenvalue weighted by Crippen LogP contribution is -2.21. The minimum absolute atomic E-state index is 0.0453.